The molecule has 0 N–H and O–H groups in total. The second-order valence-electron chi connectivity index (χ2n) is 4.30. The van der Waals surface area contributed by atoms with Crippen molar-refractivity contribution in [2.75, 3.05) is 0 Å². The summed E-state index contributed by atoms with van der Waals surface area (Å²) in [5.41, 5.74) is 3.68. The van der Waals surface area contributed by atoms with Crippen molar-refractivity contribution in [2.24, 2.45) is 0 Å². The fraction of sp³-hybridized carbons (Fsp3) is 0.0625. The minimum atomic E-state index is 0.387. The predicted octanol–water partition coefficient (Wildman–Crippen LogP) is 4.16. The van der Waals surface area contributed by atoms with Crippen molar-refractivity contribution in [2.45, 2.75) is 6.42 Å². The van der Waals surface area contributed by atoms with Gasteiger partial charge in [0.1, 0.15) is 0 Å². The maximum atomic E-state index is 4.77. The number of rotatable bonds is 3. The summed E-state index contributed by atoms with van der Waals surface area (Å²) in [5.74, 6) is 0. The van der Waals surface area contributed by atoms with Gasteiger partial charge in [-0.15, -0.1) is 0 Å². The van der Waals surface area contributed by atoms with Crippen molar-refractivity contribution in [1.82, 2.24) is 4.98 Å². The molecule has 2 aromatic carbocycles. The molecule has 0 aliphatic heterocycles. The van der Waals surface area contributed by atoms with Crippen LogP contribution in [0.15, 0.2) is 64.0 Å². The molecule has 3 heteroatoms. The van der Waals surface area contributed by atoms with Crippen LogP contribution in [0.2, 0.25) is 0 Å². The molecule has 94 valence electrons. The zero-order chi connectivity index (χ0) is 13.1. The molecule has 0 aliphatic rings. The molecular weight excluding hydrogens is 365 g/mol. The maximum absolute atomic E-state index is 4.77. The Labute approximate surface area is 127 Å². The van der Waals surface area contributed by atoms with Crippen molar-refractivity contribution >= 4 is 30.4 Å². The summed E-state index contributed by atoms with van der Waals surface area (Å²) in [5, 5.41) is 0. The van der Waals surface area contributed by atoms with Gasteiger partial charge in [-0.25, -0.2) is 0 Å². The first-order valence-corrected chi connectivity index (χ1v) is 8.69. The Balaban J connectivity index is 1.80. The van der Waals surface area contributed by atoms with Crippen LogP contribution < -0.4 is 0 Å². The number of nitrogens with zero attached hydrogens (tertiary/aromatic N) is 1. The Bertz CT molecular complexity index is 659. The summed E-state index contributed by atoms with van der Waals surface area (Å²) in [6, 6.07) is 18.9. The Morgan fingerprint density at radius 2 is 1.68 bits per heavy atom. The van der Waals surface area contributed by atoms with E-state index < -0.39 is 0 Å². The third-order valence-electron chi connectivity index (χ3n) is 2.89. The Morgan fingerprint density at radius 3 is 2.42 bits per heavy atom. The molecule has 0 atom stereocenters. The Kier molecular flexibility index (Phi) is 3.97. The normalized spacial score (nSPS) is 10.6. The topological polar surface area (TPSA) is 12.9 Å². The van der Waals surface area contributed by atoms with E-state index in [4.69, 9.17) is 4.98 Å². The van der Waals surface area contributed by atoms with Crippen LogP contribution in [0, 0.1) is 0 Å². The first-order chi connectivity index (χ1) is 9.31. The van der Waals surface area contributed by atoms with Crippen LogP contribution in [0.5, 0.6) is 0 Å². The van der Waals surface area contributed by atoms with Gasteiger partial charge in [0.05, 0.1) is 0 Å². The van der Waals surface area contributed by atoms with E-state index in [0.717, 1.165) is 16.6 Å². The van der Waals surface area contributed by atoms with E-state index in [2.05, 4.69) is 69.4 Å². The summed E-state index contributed by atoms with van der Waals surface area (Å²) in [6.45, 7) is 0. The fourth-order valence-corrected chi connectivity index (χ4v) is 3.93. The molecule has 0 amide bonds. The standard InChI is InChI=1S/C16H12BrNSe/c17-14-8-6-12(7-9-14)10-16-18-15(11-19-16)13-4-2-1-3-5-13/h1-9,11H,10H2. The third-order valence-corrected chi connectivity index (χ3v) is 5.20. The summed E-state index contributed by atoms with van der Waals surface area (Å²) >= 11 is 3.85. The SMILES string of the molecule is Brc1ccc(Cc2nc(-c3ccccc3)c[se]2)cc1. The van der Waals surface area contributed by atoms with E-state index in [1.165, 1.54) is 15.7 Å². The first kappa shape index (κ1) is 12.9. The van der Waals surface area contributed by atoms with Gasteiger partial charge in [-0.3, -0.25) is 0 Å². The summed E-state index contributed by atoms with van der Waals surface area (Å²) in [6.07, 6.45) is 0.958. The molecule has 0 radical (unpaired) electrons. The molecule has 3 aromatic rings. The van der Waals surface area contributed by atoms with E-state index >= 15 is 0 Å². The molecule has 0 bridgehead atoms. The third kappa shape index (κ3) is 3.24. The second-order valence-corrected chi connectivity index (χ2v) is 7.19. The van der Waals surface area contributed by atoms with Crippen LogP contribution in [-0.4, -0.2) is 19.5 Å². The van der Waals surface area contributed by atoms with Gasteiger partial charge in [-0.1, -0.05) is 0 Å². The molecule has 0 unspecified atom stereocenters. The molecule has 1 heterocycles. The van der Waals surface area contributed by atoms with Gasteiger partial charge in [0.15, 0.2) is 0 Å². The monoisotopic (exact) mass is 377 g/mol. The average molecular weight is 377 g/mol. The van der Waals surface area contributed by atoms with E-state index in [1.807, 2.05) is 6.07 Å². The van der Waals surface area contributed by atoms with Gasteiger partial charge in [0, 0.05) is 0 Å². The fourth-order valence-electron chi connectivity index (χ4n) is 1.91. The number of benzene rings is 2. The van der Waals surface area contributed by atoms with Crippen molar-refractivity contribution in [1.29, 1.82) is 0 Å². The summed E-state index contributed by atoms with van der Waals surface area (Å²) in [4.78, 5) is 7.04. The number of hydrogen-bond acceptors (Lipinski definition) is 1. The van der Waals surface area contributed by atoms with Crippen molar-refractivity contribution in [3.05, 3.63) is 74.1 Å². The van der Waals surface area contributed by atoms with Crippen molar-refractivity contribution in [3.63, 3.8) is 0 Å². The van der Waals surface area contributed by atoms with Gasteiger partial charge < -0.3 is 0 Å². The molecule has 0 aliphatic carbocycles. The van der Waals surface area contributed by atoms with E-state index in [1.54, 1.807) is 0 Å². The molecule has 0 spiro atoms. The van der Waals surface area contributed by atoms with E-state index in [0.29, 0.717) is 14.5 Å². The Morgan fingerprint density at radius 1 is 0.947 bits per heavy atom. The quantitative estimate of drug-likeness (QED) is 0.625. The number of halogens is 1. The van der Waals surface area contributed by atoms with Crippen LogP contribution in [0.1, 0.15) is 10.1 Å². The van der Waals surface area contributed by atoms with Gasteiger partial charge in [-0.05, 0) is 0 Å². The van der Waals surface area contributed by atoms with E-state index in [9.17, 15) is 0 Å². The zero-order valence-electron chi connectivity index (χ0n) is 10.2. The van der Waals surface area contributed by atoms with Gasteiger partial charge in [0.2, 0.25) is 0 Å². The van der Waals surface area contributed by atoms with Crippen LogP contribution in [0.25, 0.3) is 11.3 Å². The summed E-state index contributed by atoms with van der Waals surface area (Å²) in [7, 11) is 0. The molecule has 3 rings (SSSR count). The summed E-state index contributed by atoms with van der Waals surface area (Å²) < 4.78 is 2.42. The molecule has 1 aromatic heterocycles. The van der Waals surface area contributed by atoms with Crippen molar-refractivity contribution < 1.29 is 0 Å². The molecular formula is C16H12BrNSe. The van der Waals surface area contributed by atoms with Crippen LogP contribution >= 0.6 is 15.9 Å². The van der Waals surface area contributed by atoms with Crippen LogP contribution in [0.3, 0.4) is 0 Å². The first-order valence-electron chi connectivity index (χ1n) is 6.05. The van der Waals surface area contributed by atoms with Crippen molar-refractivity contribution in [3.8, 4) is 11.3 Å². The van der Waals surface area contributed by atoms with E-state index in [-0.39, 0.29) is 0 Å². The average Bonchev–Trinajstić information content (AvgIpc) is 2.91. The van der Waals surface area contributed by atoms with Crippen LogP contribution in [0.4, 0.5) is 0 Å². The van der Waals surface area contributed by atoms with Gasteiger partial charge >= 0.3 is 127 Å². The predicted molar refractivity (Wildman–Crippen MR) is 83.6 cm³/mol. The van der Waals surface area contributed by atoms with Gasteiger partial charge in [-0.2, -0.15) is 0 Å². The zero-order valence-corrected chi connectivity index (χ0v) is 13.5. The van der Waals surface area contributed by atoms with Crippen LogP contribution in [-0.2, 0) is 6.42 Å². The second kappa shape index (κ2) is 5.87. The number of hydrogen-bond donors (Lipinski definition) is 0. The Hall–Kier alpha value is -1.15. The molecule has 1 nitrogen and oxygen atoms in total. The molecule has 0 saturated heterocycles. The minimum absolute atomic E-state index is 0.387. The number of aromatic nitrogens is 1. The molecule has 19 heavy (non-hydrogen) atoms. The molecule has 0 fully saturated rings. The molecule has 0 saturated carbocycles. The van der Waals surface area contributed by atoms with Gasteiger partial charge in [0.25, 0.3) is 0 Å².